The zero-order valence-electron chi connectivity index (χ0n) is 10.7. The summed E-state index contributed by atoms with van der Waals surface area (Å²) in [6, 6.07) is 6.26. The van der Waals surface area contributed by atoms with E-state index in [1.165, 1.54) is 24.8 Å². The van der Waals surface area contributed by atoms with Crippen molar-refractivity contribution in [3.8, 4) is 11.5 Å². The Balaban J connectivity index is 2.19. The van der Waals surface area contributed by atoms with Crippen molar-refractivity contribution < 1.29 is 9.47 Å². The fourth-order valence-electron chi connectivity index (χ4n) is 2.41. The van der Waals surface area contributed by atoms with Crippen molar-refractivity contribution in [2.75, 3.05) is 27.3 Å². The van der Waals surface area contributed by atoms with Crippen LogP contribution in [0.15, 0.2) is 18.2 Å². The van der Waals surface area contributed by atoms with Crippen molar-refractivity contribution in [3.05, 3.63) is 23.8 Å². The number of rotatable bonds is 3. The number of methoxy groups -OCH3 is 2. The highest BCUT2D eigenvalue weighted by atomic mass is 16.5. The van der Waals surface area contributed by atoms with Gasteiger partial charge in [0.05, 0.1) is 14.2 Å². The summed E-state index contributed by atoms with van der Waals surface area (Å²) in [5, 5.41) is 3.49. The SMILES string of the molecule is COc1ccc(C2CCCCNC2)cc1OC. The molecule has 0 saturated carbocycles. The maximum Gasteiger partial charge on any atom is 0.160 e. The van der Waals surface area contributed by atoms with E-state index >= 15 is 0 Å². The third-order valence-electron chi connectivity index (χ3n) is 3.43. The van der Waals surface area contributed by atoms with Crippen LogP contribution in [0, 0.1) is 0 Å². The standard InChI is InChI=1S/C14H21NO2/c1-16-13-7-6-11(9-14(13)17-2)12-5-3-4-8-15-10-12/h6-7,9,12,15H,3-5,8,10H2,1-2H3. The lowest BCUT2D eigenvalue weighted by atomic mass is 9.94. The Morgan fingerprint density at radius 3 is 2.71 bits per heavy atom. The Labute approximate surface area is 103 Å². The Bertz CT molecular complexity index is 357. The van der Waals surface area contributed by atoms with Crippen LogP contribution in [0.5, 0.6) is 11.5 Å². The molecule has 1 aliphatic rings. The Hall–Kier alpha value is -1.22. The van der Waals surface area contributed by atoms with Gasteiger partial charge in [0.2, 0.25) is 0 Å². The van der Waals surface area contributed by atoms with Crippen molar-refractivity contribution in [1.29, 1.82) is 0 Å². The maximum atomic E-state index is 5.35. The van der Waals surface area contributed by atoms with Gasteiger partial charge in [-0.2, -0.15) is 0 Å². The molecule has 1 saturated heterocycles. The molecule has 3 nitrogen and oxygen atoms in total. The molecule has 0 aliphatic carbocycles. The first-order valence-corrected chi connectivity index (χ1v) is 6.28. The van der Waals surface area contributed by atoms with Gasteiger partial charge in [-0.05, 0) is 43.0 Å². The van der Waals surface area contributed by atoms with Crippen LogP contribution in [0.1, 0.15) is 30.7 Å². The lowest BCUT2D eigenvalue weighted by Crippen LogP contribution is -2.19. The summed E-state index contributed by atoms with van der Waals surface area (Å²) in [7, 11) is 3.36. The van der Waals surface area contributed by atoms with Gasteiger partial charge in [0.1, 0.15) is 0 Å². The molecule has 1 aromatic rings. The summed E-state index contributed by atoms with van der Waals surface area (Å²) in [4.78, 5) is 0. The number of benzene rings is 1. The number of hydrogen-bond acceptors (Lipinski definition) is 3. The van der Waals surface area contributed by atoms with Gasteiger partial charge in [0, 0.05) is 6.54 Å². The summed E-state index contributed by atoms with van der Waals surface area (Å²) >= 11 is 0. The molecule has 1 heterocycles. The fourth-order valence-corrected chi connectivity index (χ4v) is 2.41. The molecule has 1 N–H and O–H groups in total. The second kappa shape index (κ2) is 5.92. The van der Waals surface area contributed by atoms with E-state index in [4.69, 9.17) is 9.47 Å². The van der Waals surface area contributed by atoms with Crippen LogP contribution in [-0.2, 0) is 0 Å². The molecule has 1 atom stereocenters. The lowest BCUT2D eigenvalue weighted by Gasteiger charge is -2.17. The molecular weight excluding hydrogens is 214 g/mol. The van der Waals surface area contributed by atoms with Gasteiger partial charge in [0.15, 0.2) is 11.5 Å². The zero-order chi connectivity index (χ0) is 12.1. The highest BCUT2D eigenvalue weighted by Gasteiger charge is 2.15. The summed E-state index contributed by atoms with van der Waals surface area (Å²) in [6.07, 6.45) is 3.83. The first kappa shape index (κ1) is 12.2. The molecule has 0 spiro atoms. The van der Waals surface area contributed by atoms with E-state index in [1.54, 1.807) is 14.2 Å². The lowest BCUT2D eigenvalue weighted by molar-refractivity contribution is 0.354. The maximum absolute atomic E-state index is 5.35. The average molecular weight is 235 g/mol. The van der Waals surface area contributed by atoms with E-state index in [1.807, 2.05) is 6.07 Å². The molecule has 94 valence electrons. The minimum absolute atomic E-state index is 0.595. The molecule has 1 fully saturated rings. The highest BCUT2D eigenvalue weighted by Crippen LogP contribution is 2.32. The van der Waals surface area contributed by atoms with Crippen LogP contribution in [0.3, 0.4) is 0 Å². The molecule has 0 aromatic heterocycles. The first-order chi connectivity index (χ1) is 8.35. The molecule has 2 rings (SSSR count). The minimum Gasteiger partial charge on any atom is -0.493 e. The quantitative estimate of drug-likeness (QED) is 0.873. The first-order valence-electron chi connectivity index (χ1n) is 6.28. The second-order valence-corrected chi connectivity index (χ2v) is 4.51. The van der Waals surface area contributed by atoms with Crippen molar-refractivity contribution in [1.82, 2.24) is 5.32 Å². The van der Waals surface area contributed by atoms with Gasteiger partial charge < -0.3 is 14.8 Å². The monoisotopic (exact) mass is 235 g/mol. The number of nitrogens with one attached hydrogen (secondary N) is 1. The summed E-state index contributed by atoms with van der Waals surface area (Å²) in [5.74, 6) is 2.23. The Morgan fingerprint density at radius 1 is 1.12 bits per heavy atom. The van der Waals surface area contributed by atoms with Crippen molar-refractivity contribution in [2.45, 2.75) is 25.2 Å². The third-order valence-corrected chi connectivity index (χ3v) is 3.43. The fraction of sp³-hybridized carbons (Fsp3) is 0.571. The van der Waals surface area contributed by atoms with Crippen molar-refractivity contribution in [2.24, 2.45) is 0 Å². The predicted octanol–water partition coefficient (Wildman–Crippen LogP) is 2.56. The van der Waals surface area contributed by atoms with Gasteiger partial charge in [0.25, 0.3) is 0 Å². The van der Waals surface area contributed by atoms with E-state index in [0.717, 1.165) is 24.6 Å². The molecule has 0 radical (unpaired) electrons. The molecular formula is C14H21NO2. The van der Waals surface area contributed by atoms with Gasteiger partial charge in [-0.15, -0.1) is 0 Å². The van der Waals surface area contributed by atoms with Crippen LogP contribution < -0.4 is 14.8 Å². The number of ether oxygens (including phenoxy) is 2. The van der Waals surface area contributed by atoms with Crippen molar-refractivity contribution in [3.63, 3.8) is 0 Å². The van der Waals surface area contributed by atoms with Crippen LogP contribution in [-0.4, -0.2) is 27.3 Å². The van der Waals surface area contributed by atoms with E-state index in [2.05, 4.69) is 17.4 Å². The molecule has 1 aliphatic heterocycles. The Morgan fingerprint density at radius 2 is 1.94 bits per heavy atom. The largest absolute Gasteiger partial charge is 0.493 e. The normalized spacial score (nSPS) is 20.7. The number of hydrogen-bond donors (Lipinski definition) is 1. The summed E-state index contributed by atoms with van der Waals surface area (Å²) in [5.41, 5.74) is 1.34. The second-order valence-electron chi connectivity index (χ2n) is 4.51. The molecule has 3 heteroatoms. The van der Waals surface area contributed by atoms with Crippen LogP contribution in [0.4, 0.5) is 0 Å². The predicted molar refractivity (Wildman–Crippen MR) is 69.0 cm³/mol. The van der Waals surface area contributed by atoms with Crippen LogP contribution in [0.25, 0.3) is 0 Å². The van der Waals surface area contributed by atoms with E-state index in [9.17, 15) is 0 Å². The van der Waals surface area contributed by atoms with Gasteiger partial charge in [-0.25, -0.2) is 0 Å². The topological polar surface area (TPSA) is 30.5 Å². The zero-order valence-corrected chi connectivity index (χ0v) is 10.7. The van der Waals surface area contributed by atoms with Crippen LogP contribution in [0.2, 0.25) is 0 Å². The highest BCUT2D eigenvalue weighted by molar-refractivity contribution is 5.44. The molecule has 1 unspecified atom stereocenters. The van der Waals surface area contributed by atoms with E-state index < -0.39 is 0 Å². The summed E-state index contributed by atoms with van der Waals surface area (Å²) < 4.78 is 10.6. The van der Waals surface area contributed by atoms with E-state index in [-0.39, 0.29) is 0 Å². The minimum atomic E-state index is 0.595. The van der Waals surface area contributed by atoms with E-state index in [0.29, 0.717) is 5.92 Å². The third kappa shape index (κ3) is 2.91. The van der Waals surface area contributed by atoms with Crippen LogP contribution >= 0.6 is 0 Å². The smallest absolute Gasteiger partial charge is 0.160 e. The molecule has 0 bridgehead atoms. The van der Waals surface area contributed by atoms with Crippen molar-refractivity contribution >= 4 is 0 Å². The van der Waals surface area contributed by atoms with Gasteiger partial charge in [-0.1, -0.05) is 12.5 Å². The molecule has 0 amide bonds. The molecule has 1 aromatic carbocycles. The summed E-state index contributed by atoms with van der Waals surface area (Å²) in [6.45, 7) is 2.21. The average Bonchev–Trinajstić information content (AvgIpc) is 2.66. The van der Waals surface area contributed by atoms with Gasteiger partial charge >= 0.3 is 0 Å². The van der Waals surface area contributed by atoms with Gasteiger partial charge in [-0.3, -0.25) is 0 Å². The Kier molecular flexibility index (Phi) is 4.26. The molecule has 17 heavy (non-hydrogen) atoms.